The van der Waals surface area contributed by atoms with Gasteiger partial charge in [-0.1, -0.05) is 18.1 Å². The van der Waals surface area contributed by atoms with Crippen molar-refractivity contribution in [1.82, 2.24) is 0 Å². The predicted octanol–water partition coefficient (Wildman–Crippen LogP) is 2.75. The van der Waals surface area contributed by atoms with Crippen molar-refractivity contribution < 1.29 is 9.53 Å². The molecule has 0 aliphatic rings. The molecule has 0 amide bonds. The molecule has 0 spiro atoms. The number of hydrogen-bond donors (Lipinski definition) is 0. The van der Waals surface area contributed by atoms with Crippen LogP contribution in [0.3, 0.4) is 0 Å². The van der Waals surface area contributed by atoms with E-state index in [-0.39, 0.29) is 6.61 Å². The van der Waals surface area contributed by atoms with E-state index in [2.05, 4.69) is 28.5 Å². The standard InChI is InChI=1S/C11H8ClIO2/c1-2-7-15-10(11(12)14)8-3-5-9(13)6-4-8/h1,3-6,10H,7H2. The average Bonchev–Trinajstić information content (AvgIpc) is 2.21. The molecule has 4 heteroatoms. The number of carbonyl (C=O) groups is 1. The summed E-state index contributed by atoms with van der Waals surface area (Å²) in [4.78, 5) is 11.1. The fourth-order valence-corrected chi connectivity index (χ4v) is 1.61. The Balaban J connectivity index is 2.85. The fourth-order valence-electron chi connectivity index (χ4n) is 1.06. The van der Waals surface area contributed by atoms with Gasteiger partial charge in [-0.15, -0.1) is 6.42 Å². The predicted molar refractivity (Wildman–Crippen MR) is 67.5 cm³/mol. The molecule has 1 atom stereocenters. The highest BCUT2D eigenvalue weighted by Gasteiger charge is 2.18. The summed E-state index contributed by atoms with van der Waals surface area (Å²) in [7, 11) is 0. The van der Waals surface area contributed by atoms with Crippen molar-refractivity contribution in [2.45, 2.75) is 6.10 Å². The Morgan fingerprint density at radius 3 is 2.60 bits per heavy atom. The van der Waals surface area contributed by atoms with E-state index in [1.165, 1.54) is 0 Å². The van der Waals surface area contributed by atoms with Gasteiger partial charge in [0, 0.05) is 3.57 Å². The van der Waals surface area contributed by atoms with Crippen molar-refractivity contribution >= 4 is 39.4 Å². The van der Waals surface area contributed by atoms with Crippen LogP contribution in [0.2, 0.25) is 0 Å². The largest absolute Gasteiger partial charge is 0.352 e. The summed E-state index contributed by atoms with van der Waals surface area (Å²) in [5, 5.41) is -0.563. The number of hydrogen-bond acceptors (Lipinski definition) is 2. The summed E-state index contributed by atoms with van der Waals surface area (Å²) in [5.41, 5.74) is 0.714. The lowest BCUT2D eigenvalue weighted by Gasteiger charge is -2.12. The molecule has 0 heterocycles. The topological polar surface area (TPSA) is 26.3 Å². The van der Waals surface area contributed by atoms with Gasteiger partial charge in [-0.3, -0.25) is 4.79 Å². The Bertz CT molecular complexity index is 381. The SMILES string of the molecule is C#CCOC(C(=O)Cl)c1ccc(I)cc1. The highest BCUT2D eigenvalue weighted by molar-refractivity contribution is 14.1. The van der Waals surface area contributed by atoms with E-state index < -0.39 is 11.3 Å². The first-order valence-electron chi connectivity index (χ1n) is 4.15. The summed E-state index contributed by atoms with van der Waals surface area (Å²) in [5.74, 6) is 2.30. The van der Waals surface area contributed by atoms with E-state index in [9.17, 15) is 4.79 Å². The lowest BCUT2D eigenvalue weighted by Crippen LogP contribution is -2.11. The molecule has 0 aliphatic carbocycles. The van der Waals surface area contributed by atoms with Gasteiger partial charge in [-0.25, -0.2) is 0 Å². The van der Waals surface area contributed by atoms with Gasteiger partial charge in [0.25, 0.3) is 5.24 Å². The van der Waals surface area contributed by atoms with Crippen LogP contribution in [-0.2, 0) is 9.53 Å². The van der Waals surface area contributed by atoms with Crippen LogP contribution < -0.4 is 0 Å². The van der Waals surface area contributed by atoms with Crippen molar-refractivity contribution in [3.8, 4) is 12.3 Å². The van der Waals surface area contributed by atoms with Crippen molar-refractivity contribution in [2.75, 3.05) is 6.61 Å². The molecule has 0 bridgehead atoms. The molecule has 1 aromatic rings. The van der Waals surface area contributed by atoms with E-state index in [1.54, 1.807) is 12.1 Å². The zero-order valence-corrected chi connectivity index (χ0v) is 10.7. The van der Waals surface area contributed by atoms with Crippen LogP contribution >= 0.6 is 34.2 Å². The molecular weight excluding hydrogens is 326 g/mol. The molecule has 0 aromatic heterocycles. The van der Waals surface area contributed by atoms with Gasteiger partial charge in [0.15, 0.2) is 6.10 Å². The maximum absolute atomic E-state index is 11.1. The van der Waals surface area contributed by atoms with Crippen molar-refractivity contribution in [1.29, 1.82) is 0 Å². The summed E-state index contributed by atoms with van der Waals surface area (Å²) >= 11 is 7.59. The van der Waals surface area contributed by atoms with Crippen molar-refractivity contribution in [3.63, 3.8) is 0 Å². The number of terminal acetylenes is 1. The third-order valence-corrected chi connectivity index (χ3v) is 2.63. The quantitative estimate of drug-likeness (QED) is 0.481. The first-order chi connectivity index (χ1) is 7.15. The van der Waals surface area contributed by atoms with E-state index in [0.717, 1.165) is 3.57 Å². The van der Waals surface area contributed by atoms with E-state index in [1.807, 2.05) is 12.1 Å². The van der Waals surface area contributed by atoms with Gasteiger partial charge >= 0.3 is 0 Å². The molecule has 0 N–H and O–H groups in total. The number of ether oxygens (including phenoxy) is 1. The van der Waals surface area contributed by atoms with Gasteiger partial charge in [0.05, 0.1) is 0 Å². The van der Waals surface area contributed by atoms with Crippen LogP contribution in [-0.4, -0.2) is 11.8 Å². The Labute approximate surface area is 107 Å². The molecule has 0 saturated carbocycles. The van der Waals surface area contributed by atoms with Gasteiger partial charge < -0.3 is 4.74 Å². The number of benzene rings is 1. The normalized spacial score (nSPS) is 11.8. The van der Waals surface area contributed by atoms with Crippen LogP contribution in [0.4, 0.5) is 0 Å². The minimum atomic E-state index is -0.778. The van der Waals surface area contributed by atoms with Crippen LogP contribution in [0, 0.1) is 15.9 Å². The molecule has 78 valence electrons. The van der Waals surface area contributed by atoms with Crippen LogP contribution in [0.5, 0.6) is 0 Å². The molecule has 15 heavy (non-hydrogen) atoms. The minimum absolute atomic E-state index is 0.0646. The highest BCUT2D eigenvalue weighted by Crippen LogP contribution is 2.21. The minimum Gasteiger partial charge on any atom is -0.352 e. The molecule has 2 nitrogen and oxygen atoms in total. The summed E-state index contributed by atoms with van der Waals surface area (Å²) in [6.45, 7) is 0.0646. The Morgan fingerprint density at radius 1 is 1.53 bits per heavy atom. The third kappa shape index (κ3) is 3.82. The maximum atomic E-state index is 11.1. The maximum Gasteiger partial charge on any atom is 0.255 e. The molecular formula is C11H8ClIO2. The molecule has 0 fully saturated rings. The van der Waals surface area contributed by atoms with Crippen LogP contribution in [0.1, 0.15) is 11.7 Å². The molecule has 1 unspecified atom stereocenters. The summed E-state index contributed by atoms with van der Waals surface area (Å²) < 4.78 is 6.24. The zero-order valence-electron chi connectivity index (χ0n) is 7.74. The first kappa shape index (κ1) is 12.5. The van der Waals surface area contributed by atoms with E-state index in [4.69, 9.17) is 22.8 Å². The second-order valence-corrected chi connectivity index (χ2v) is 4.37. The van der Waals surface area contributed by atoms with Crippen LogP contribution in [0.15, 0.2) is 24.3 Å². The Hall–Kier alpha value is -0.570. The fraction of sp³-hybridized carbons (Fsp3) is 0.182. The molecule has 0 radical (unpaired) electrons. The van der Waals surface area contributed by atoms with Crippen molar-refractivity contribution in [3.05, 3.63) is 33.4 Å². The smallest absolute Gasteiger partial charge is 0.255 e. The Kier molecular flexibility index (Phi) is 5.09. The number of carbonyl (C=O) groups excluding carboxylic acids is 1. The van der Waals surface area contributed by atoms with Gasteiger partial charge in [0.2, 0.25) is 0 Å². The second kappa shape index (κ2) is 6.11. The average molecular weight is 335 g/mol. The molecule has 0 saturated heterocycles. The zero-order chi connectivity index (χ0) is 11.3. The lowest BCUT2D eigenvalue weighted by atomic mass is 10.1. The third-order valence-electron chi connectivity index (χ3n) is 1.71. The molecule has 1 aromatic carbocycles. The summed E-state index contributed by atoms with van der Waals surface area (Å²) in [6.07, 6.45) is 4.27. The van der Waals surface area contributed by atoms with Crippen LogP contribution in [0.25, 0.3) is 0 Å². The Morgan fingerprint density at radius 2 is 2.13 bits per heavy atom. The van der Waals surface area contributed by atoms with E-state index >= 15 is 0 Å². The van der Waals surface area contributed by atoms with Gasteiger partial charge in [-0.2, -0.15) is 0 Å². The lowest BCUT2D eigenvalue weighted by molar-refractivity contribution is -0.121. The number of halogens is 2. The van der Waals surface area contributed by atoms with Crippen molar-refractivity contribution in [2.24, 2.45) is 0 Å². The van der Waals surface area contributed by atoms with E-state index in [0.29, 0.717) is 5.56 Å². The van der Waals surface area contributed by atoms with Gasteiger partial charge in [-0.05, 0) is 51.9 Å². The second-order valence-electron chi connectivity index (χ2n) is 2.75. The molecule has 0 aliphatic heterocycles. The monoisotopic (exact) mass is 334 g/mol. The number of rotatable bonds is 4. The highest BCUT2D eigenvalue weighted by atomic mass is 127. The molecule has 1 rings (SSSR count). The first-order valence-corrected chi connectivity index (χ1v) is 5.60. The van der Waals surface area contributed by atoms with Gasteiger partial charge in [0.1, 0.15) is 6.61 Å². The summed E-state index contributed by atoms with van der Waals surface area (Å²) in [6, 6.07) is 7.34.